The van der Waals surface area contributed by atoms with Crippen LogP contribution in [0.4, 0.5) is 0 Å². The van der Waals surface area contributed by atoms with Gasteiger partial charge in [-0.05, 0) is 12.1 Å². The maximum absolute atomic E-state index is 9.21. The van der Waals surface area contributed by atoms with Gasteiger partial charge in [0, 0.05) is 18.6 Å². The molecule has 0 atom stereocenters. The first kappa shape index (κ1) is 21.5. The minimum Gasteiger partial charge on any atom is -0.493 e. The lowest BCUT2D eigenvalue weighted by Crippen LogP contribution is -2.55. The number of quaternary nitrogens is 1. The first-order valence-corrected chi connectivity index (χ1v) is 9.00. The van der Waals surface area contributed by atoms with Crippen LogP contribution in [0.3, 0.4) is 0 Å². The molecule has 1 fully saturated rings. The highest BCUT2D eigenvalue weighted by Gasteiger charge is 2.31. The molecule has 25 heavy (non-hydrogen) atoms. The van der Waals surface area contributed by atoms with Crippen molar-refractivity contribution in [2.75, 3.05) is 60.8 Å². The monoisotopic (exact) mass is 356 g/mol. The number of nitrogens with zero attached hydrogens (tertiary/aromatic N) is 1. The first-order chi connectivity index (χ1) is 12.2. The van der Waals surface area contributed by atoms with Crippen LogP contribution in [0.25, 0.3) is 0 Å². The van der Waals surface area contributed by atoms with Crippen molar-refractivity contribution in [1.82, 2.24) is 0 Å². The van der Waals surface area contributed by atoms with Gasteiger partial charge in [0.2, 0.25) is 5.75 Å². The molecule has 1 saturated heterocycles. The summed E-state index contributed by atoms with van der Waals surface area (Å²) >= 11 is 0. The fraction of sp³-hybridized carbons (Fsp3) is 0.684. The topological polar surface area (TPSA) is 57.2 Å². The molecule has 1 aliphatic heterocycles. The quantitative estimate of drug-likeness (QED) is 0.725. The molecule has 1 aromatic rings. The third-order valence-electron chi connectivity index (χ3n) is 4.45. The van der Waals surface area contributed by atoms with E-state index >= 15 is 0 Å². The van der Waals surface area contributed by atoms with Crippen LogP contribution >= 0.6 is 0 Å². The molecule has 0 amide bonds. The average Bonchev–Trinajstić information content (AvgIpc) is 2.67. The molecule has 6 nitrogen and oxygen atoms in total. The minimum absolute atomic E-state index is 0.218. The number of hydrogen-bond donors (Lipinski definition) is 1. The second-order valence-electron chi connectivity index (χ2n) is 5.89. The van der Waals surface area contributed by atoms with Crippen molar-refractivity contribution >= 4 is 0 Å². The van der Waals surface area contributed by atoms with Crippen molar-refractivity contribution in [3.8, 4) is 17.2 Å². The van der Waals surface area contributed by atoms with E-state index < -0.39 is 0 Å². The summed E-state index contributed by atoms with van der Waals surface area (Å²) in [6.45, 7) is 9.45. The van der Waals surface area contributed by atoms with Gasteiger partial charge in [-0.25, -0.2) is 0 Å². The van der Waals surface area contributed by atoms with Crippen LogP contribution in [0.2, 0.25) is 0 Å². The molecule has 1 heterocycles. The Morgan fingerprint density at radius 2 is 1.56 bits per heavy atom. The summed E-state index contributed by atoms with van der Waals surface area (Å²) in [7, 11) is 4.87. The lowest BCUT2D eigenvalue weighted by Gasteiger charge is -2.41. The van der Waals surface area contributed by atoms with Crippen LogP contribution in [0.5, 0.6) is 17.2 Å². The van der Waals surface area contributed by atoms with Crippen LogP contribution in [0.15, 0.2) is 12.1 Å². The number of methoxy groups -OCH3 is 3. The Kier molecular flexibility index (Phi) is 9.63. The van der Waals surface area contributed by atoms with E-state index in [1.165, 1.54) is 0 Å². The maximum Gasteiger partial charge on any atom is 0.203 e. The third-order valence-corrected chi connectivity index (χ3v) is 4.45. The molecular formula is C19H34NO5+. The van der Waals surface area contributed by atoms with E-state index in [1.54, 1.807) is 21.3 Å². The van der Waals surface area contributed by atoms with Gasteiger partial charge in [-0.2, -0.15) is 0 Å². The maximum atomic E-state index is 9.21. The van der Waals surface area contributed by atoms with Crippen LogP contribution in [-0.4, -0.2) is 70.4 Å². The normalized spacial score (nSPS) is 15.8. The average molecular weight is 356 g/mol. The Morgan fingerprint density at radius 3 is 2.00 bits per heavy atom. The molecule has 0 radical (unpaired) electrons. The van der Waals surface area contributed by atoms with Gasteiger partial charge in [-0.1, -0.05) is 13.8 Å². The molecule has 144 valence electrons. The predicted octanol–water partition coefficient (Wildman–Crippen LogP) is 2.47. The molecule has 2 rings (SSSR count). The molecule has 0 aromatic heterocycles. The molecular weight excluding hydrogens is 322 g/mol. The molecule has 0 aliphatic carbocycles. The second-order valence-corrected chi connectivity index (χ2v) is 5.89. The summed E-state index contributed by atoms with van der Waals surface area (Å²) in [5.74, 6) is 1.97. The predicted molar refractivity (Wildman–Crippen MR) is 98.5 cm³/mol. The van der Waals surface area contributed by atoms with Gasteiger partial charge in [0.15, 0.2) is 11.5 Å². The summed E-state index contributed by atoms with van der Waals surface area (Å²) < 4.78 is 22.7. The Bertz CT molecular complexity index is 476. The van der Waals surface area contributed by atoms with E-state index in [1.807, 2.05) is 26.0 Å². The standard InChI is InChI=1S/C17H28NO5.C2H6/c1-20-15-11-14(12-16(21-2)17(15)22-3)13-18(5-4-8-19)6-9-23-10-7-18;1-2/h11-12,19H,4-10,13H2,1-3H3;1-2H3/q+1;. The van der Waals surface area contributed by atoms with Gasteiger partial charge in [0.1, 0.15) is 19.6 Å². The molecule has 1 aliphatic rings. The molecule has 1 N–H and O–H groups in total. The van der Waals surface area contributed by atoms with E-state index in [-0.39, 0.29) is 6.61 Å². The van der Waals surface area contributed by atoms with Crippen molar-refractivity contribution < 1.29 is 28.5 Å². The van der Waals surface area contributed by atoms with Crippen molar-refractivity contribution in [3.05, 3.63) is 17.7 Å². The Hall–Kier alpha value is -1.50. The zero-order valence-corrected chi connectivity index (χ0v) is 16.3. The smallest absolute Gasteiger partial charge is 0.203 e. The summed E-state index contributed by atoms with van der Waals surface area (Å²) in [6.07, 6.45) is 0.796. The highest BCUT2D eigenvalue weighted by atomic mass is 16.5. The second kappa shape index (κ2) is 11.2. The summed E-state index contributed by atoms with van der Waals surface area (Å²) in [5.41, 5.74) is 1.14. The lowest BCUT2D eigenvalue weighted by molar-refractivity contribution is -0.947. The van der Waals surface area contributed by atoms with Gasteiger partial charge < -0.3 is 28.5 Å². The minimum atomic E-state index is 0.218. The van der Waals surface area contributed by atoms with Gasteiger partial charge in [0.25, 0.3) is 0 Å². The fourth-order valence-corrected chi connectivity index (χ4v) is 3.21. The van der Waals surface area contributed by atoms with E-state index in [0.29, 0.717) is 17.2 Å². The van der Waals surface area contributed by atoms with Gasteiger partial charge in [-0.15, -0.1) is 0 Å². The van der Waals surface area contributed by atoms with Crippen LogP contribution < -0.4 is 14.2 Å². The number of benzene rings is 1. The summed E-state index contributed by atoms with van der Waals surface area (Å²) in [4.78, 5) is 0. The fourth-order valence-electron chi connectivity index (χ4n) is 3.21. The molecule has 0 saturated carbocycles. The van der Waals surface area contributed by atoms with Crippen LogP contribution in [0, 0.1) is 0 Å². The number of ether oxygens (including phenoxy) is 4. The number of hydrogen-bond acceptors (Lipinski definition) is 5. The first-order valence-electron chi connectivity index (χ1n) is 9.00. The Balaban J connectivity index is 0.00000151. The SMILES string of the molecule is CC.COc1cc(C[N+]2(CCCO)CCOCC2)cc(OC)c1OC. The van der Waals surface area contributed by atoms with Gasteiger partial charge in [-0.3, -0.25) is 0 Å². The number of rotatable bonds is 8. The van der Waals surface area contributed by atoms with Crippen molar-refractivity contribution in [1.29, 1.82) is 0 Å². The zero-order chi connectivity index (χ0) is 18.7. The number of aliphatic hydroxyl groups is 1. The van der Waals surface area contributed by atoms with E-state index in [2.05, 4.69) is 0 Å². The lowest BCUT2D eigenvalue weighted by atomic mass is 10.1. The largest absolute Gasteiger partial charge is 0.493 e. The van der Waals surface area contributed by atoms with Gasteiger partial charge in [0.05, 0.1) is 41.1 Å². The van der Waals surface area contributed by atoms with Crippen molar-refractivity contribution in [3.63, 3.8) is 0 Å². The highest BCUT2D eigenvalue weighted by Crippen LogP contribution is 2.39. The molecule has 1 aromatic carbocycles. The Labute approximate surface area is 151 Å². The van der Waals surface area contributed by atoms with Crippen LogP contribution in [0.1, 0.15) is 25.8 Å². The van der Waals surface area contributed by atoms with Crippen molar-refractivity contribution in [2.45, 2.75) is 26.8 Å². The molecule has 0 bridgehead atoms. The number of aliphatic hydroxyl groups excluding tert-OH is 1. The Morgan fingerprint density at radius 1 is 1.00 bits per heavy atom. The van der Waals surface area contributed by atoms with Crippen molar-refractivity contribution in [2.24, 2.45) is 0 Å². The van der Waals surface area contributed by atoms with E-state index in [4.69, 9.17) is 18.9 Å². The summed E-state index contributed by atoms with van der Waals surface area (Å²) in [6, 6.07) is 4.02. The zero-order valence-electron chi connectivity index (χ0n) is 16.3. The molecule has 0 unspecified atom stereocenters. The third kappa shape index (κ3) is 5.76. The van der Waals surface area contributed by atoms with E-state index in [9.17, 15) is 5.11 Å². The highest BCUT2D eigenvalue weighted by molar-refractivity contribution is 5.53. The molecule has 6 heteroatoms. The van der Waals surface area contributed by atoms with Gasteiger partial charge >= 0.3 is 0 Å². The molecule has 0 spiro atoms. The van der Waals surface area contributed by atoms with Crippen LogP contribution in [-0.2, 0) is 11.3 Å². The number of morpholine rings is 1. The summed E-state index contributed by atoms with van der Waals surface area (Å²) in [5, 5.41) is 9.21. The van der Waals surface area contributed by atoms with E-state index in [0.717, 1.165) is 55.9 Å².